The lowest BCUT2D eigenvalue weighted by Gasteiger charge is -2.28. The predicted molar refractivity (Wildman–Crippen MR) is 158 cm³/mol. The van der Waals surface area contributed by atoms with Gasteiger partial charge in [0.1, 0.15) is 10.1 Å². The van der Waals surface area contributed by atoms with Crippen LogP contribution in [-0.4, -0.2) is 11.4 Å². The Hall–Kier alpha value is -1.52. The summed E-state index contributed by atoms with van der Waals surface area (Å²) in [5, 5.41) is 2.16. The number of alkyl halides is 2. The van der Waals surface area contributed by atoms with Gasteiger partial charge in [-0.05, 0) is 84.7 Å². The molecule has 0 bridgehead atoms. The highest BCUT2D eigenvalue weighted by atomic mass is 35.5. The third-order valence-corrected chi connectivity index (χ3v) is 9.48. The summed E-state index contributed by atoms with van der Waals surface area (Å²) in [6.07, 6.45) is 10.1. The van der Waals surface area contributed by atoms with Crippen molar-refractivity contribution in [2.75, 3.05) is 7.11 Å². The van der Waals surface area contributed by atoms with E-state index in [1.165, 1.54) is 35.3 Å². The Kier molecular flexibility index (Phi) is 10.8. The molecule has 2 nitrogen and oxygen atoms in total. The van der Waals surface area contributed by atoms with Crippen LogP contribution in [0.25, 0.3) is 0 Å². The van der Waals surface area contributed by atoms with E-state index in [-0.39, 0.29) is 12.0 Å². The summed E-state index contributed by atoms with van der Waals surface area (Å²) in [7, 11) is 1.69. The second kappa shape index (κ2) is 14.0. The van der Waals surface area contributed by atoms with Crippen LogP contribution < -0.4 is 4.74 Å². The van der Waals surface area contributed by atoms with Gasteiger partial charge in [-0.15, -0.1) is 34.5 Å². The highest BCUT2D eigenvalue weighted by Gasteiger charge is 2.46. The van der Waals surface area contributed by atoms with Crippen molar-refractivity contribution in [1.29, 1.82) is 0 Å². The number of hydrogen-bond donors (Lipinski definition) is 0. The SMILES string of the molecule is CCCCCC(OCc1ccc(OC)cc1)c1ccc([C@@H]2[C@@H](CCCc3cccs3)CCC2(Cl)Cl)cc1. The molecule has 0 N–H and O–H groups in total. The molecule has 5 heteroatoms. The Labute approximate surface area is 237 Å². The molecule has 0 amide bonds. The van der Waals surface area contributed by atoms with E-state index < -0.39 is 4.33 Å². The predicted octanol–water partition coefficient (Wildman–Crippen LogP) is 10.3. The summed E-state index contributed by atoms with van der Waals surface area (Å²) >= 11 is 15.7. The molecule has 2 aromatic carbocycles. The first-order valence-electron chi connectivity index (χ1n) is 13.7. The number of thiophene rings is 1. The van der Waals surface area contributed by atoms with E-state index in [4.69, 9.17) is 32.7 Å². The van der Waals surface area contributed by atoms with E-state index in [9.17, 15) is 0 Å². The van der Waals surface area contributed by atoms with Crippen LogP contribution in [0.4, 0.5) is 0 Å². The molecule has 3 atom stereocenters. The van der Waals surface area contributed by atoms with Crippen molar-refractivity contribution in [2.24, 2.45) is 5.92 Å². The molecule has 1 fully saturated rings. The minimum Gasteiger partial charge on any atom is -0.497 e. The quantitative estimate of drug-likeness (QED) is 0.145. The van der Waals surface area contributed by atoms with E-state index in [0.29, 0.717) is 12.5 Å². The summed E-state index contributed by atoms with van der Waals surface area (Å²) in [6, 6.07) is 21.5. The first kappa shape index (κ1) is 28.5. The molecule has 1 aromatic heterocycles. The van der Waals surface area contributed by atoms with Gasteiger partial charge in [-0.3, -0.25) is 0 Å². The second-order valence-electron chi connectivity index (χ2n) is 10.3. The molecule has 1 saturated carbocycles. The lowest BCUT2D eigenvalue weighted by molar-refractivity contribution is 0.0321. The van der Waals surface area contributed by atoms with Crippen LogP contribution >= 0.6 is 34.5 Å². The molecule has 4 rings (SSSR count). The monoisotopic (exact) mass is 558 g/mol. The zero-order valence-electron chi connectivity index (χ0n) is 22.1. The van der Waals surface area contributed by atoms with Crippen LogP contribution in [0.1, 0.15) is 91.9 Å². The van der Waals surface area contributed by atoms with E-state index in [1.54, 1.807) is 7.11 Å². The first-order valence-corrected chi connectivity index (χ1v) is 15.4. The smallest absolute Gasteiger partial charge is 0.125 e. The summed E-state index contributed by atoms with van der Waals surface area (Å²) in [5.74, 6) is 1.56. The fourth-order valence-corrected chi connectivity index (χ4v) is 7.21. The van der Waals surface area contributed by atoms with Crippen molar-refractivity contribution in [3.8, 4) is 5.75 Å². The average molecular weight is 560 g/mol. The maximum atomic E-state index is 6.90. The molecule has 0 saturated heterocycles. The zero-order valence-corrected chi connectivity index (χ0v) is 24.5. The standard InChI is InChI=1S/C32H40Cl2O2S/c1-3-4-5-11-30(36-23-24-12-18-28(35-2)19-13-24)25-14-16-27(17-15-25)31-26(20-21-32(31,33)34)8-6-9-29-10-7-22-37-29/h7,10,12-19,22,26,30-31H,3-6,8-9,11,20-21,23H2,1-2H3/t26-,30?,31-/m0/s1. The van der Waals surface area contributed by atoms with Crippen molar-refractivity contribution in [3.05, 3.63) is 87.6 Å². The Morgan fingerprint density at radius 3 is 2.46 bits per heavy atom. The van der Waals surface area contributed by atoms with Crippen LogP contribution in [-0.2, 0) is 17.8 Å². The van der Waals surface area contributed by atoms with Crippen LogP contribution in [0.15, 0.2) is 66.0 Å². The molecule has 1 heterocycles. The molecule has 3 aromatic rings. The lowest BCUT2D eigenvalue weighted by Crippen LogP contribution is -2.21. The number of methoxy groups -OCH3 is 1. The van der Waals surface area contributed by atoms with E-state index in [1.807, 2.05) is 23.5 Å². The van der Waals surface area contributed by atoms with Crippen LogP contribution in [0.2, 0.25) is 0 Å². The van der Waals surface area contributed by atoms with Crippen LogP contribution in [0, 0.1) is 5.92 Å². The van der Waals surface area contributed by atoms with E-state index in [2.05, 4.69) is 60.8 Å². The zero-order chi connectivity index (χ0) is 26.1. The van der Waals surface area contributed by atoms with Crippen molar-refractivity contribution >= 4 is 34.5 Å². The van der Waals surface area contributed by atoms with Crippen molar-refractivity contribution in [3.63, 3.8) is 0 Å². The Bertz CT molecular complexity index is 1050. The number of rotatable bonds is 14. The molecule has 0 aliphatic heterocycles. The van der Waals surface area contributed by atoms with Crippen LogP contribution in [0.5, 0.6) is 5.75 Å². The van der Waals surface area contributed by atoms with Gasteiger partial charge in [-0.25, -0.2) is 0 Å². The number of unbranched alkanes of at least 4 members (excludes halogenated alkanes) is 2. The minimum atomic E-state index is -0.694. The average Bonchev–Trinajstić information content (AvgIpc) is 3.54. The number of benzene rings is 2. The van der Waals surface area contributed by atoms with Gasteiger partial charge >= 0.3 is 0 Å². The first-order chi connectivity index (χ1) is 18.0. The number of hydrogen-bond acceptors (Lipinski definition) is 3. The van der Waals surface area contributed by atoms with E-state index >= 15 is 0 Å². The van der Waals surface area contributed by atoms with Gasteiger partial charge in [0.15, 0.2) is 0 Å². The van der Waals surface area contributed by atoms with Crippen molar-refractivity contribution in [1.82, 2.24) is 0 Å². The fourth-order valence-electron chi connectivity index (χ4n) is 5.63. The van der Waals surface area contributed by atoms with Gasteiger partial charge in [0.2, 0.25) is 0 Å². The fraction of sp³-hybridized carbons (Fsp3) is 0.500. The van der Waals surface area contributed by atoms with Crippen molar-refractivity contribution < 1.29 is 9.47 Å². The molecule has 0 radical (unpaired) electrons. The minimum absolute atomic E-state index is 0.0737. The third kappa shape index (κ3) is 7.99. The molecule has 0 spiro atoms. The molecule has 1 aliphatic carbocycles. The molecular formula is C32H40Cl2O2S. The Morgan fingerprint density at radius 1 is 1.00 bits per heavy atom. The van der Waals surface area contributed by atoms with Gasteiger partial charge < -0.3 is 9.47 Å². The molecule has 1 aliphatic rings. The van der Waals surface area contributed by atoms with Gasteiger partial charge in [-0.2, -0.15) is 0 Å². The van der Waals surface area contributed by atoms with Crippen molar-refractivity contribution in [2.45, 2.75) is 87.7 Å². The number of ether oxygens (including phenoxy) is 2. The summed E-state index contributed by atoms with van der Waals surface area (Å²) in [5.41, 5.74) is 3.65. The van der Waals surface area contributed by atoms with E-state index in [0.717, 1.165) is 49.8 Å². The molecular weight excluding hydrogens is 519 g/mol. The number of aryl methyl sites for hydroxylation is 1. The van der Waals surface area contributed by atoms with Gasteiger partial charge in [0.25, 0.3) is 0 Å². The topological polar surface area (TPSA) is 18.5 Å². The highest BCUT2D eigenvalue weighted by Crippen LogP contribution is 2.55. The van der Waals surface area contributed by atoms with Gasteiger partial charge in [0.05, 0.1) is 19.8 Å². The summed E-state index contributed by atoms with van der Waals surface area (Å²) in [6.45, 7) is 2.83. The van der Waals surface area contributed by atoms with Gasteiger partial charge in [0, 0.05) is 10.8 Å². The Balaban J connectivity index is 1.42. The highest BCUT2D eigenvalue weighted by molar-refractivity contribution is 7.09. The largest absolute Gasteiger partial charge is 0.497 e. The van der Waals surface area contributed by atoms with Gasteiger partial charge in [-0.1, -0.05) is 68.7 Å². The second-order valence-corrected chi connectivity index (χ2v) is 12.9. The third-order valence-electron chi connectivity index (χ3n) is 7.70. The lowest BCUT2D eigenvalue weighted by atomic mass is 9.84. The molecule has 1 unspecified atom stereocenters. The maximum Gasteiger partial charge on any atom is 0.125 e. The summed E-state index contributed by atoms with van der Waals surface area (Å²) < 4.78 is 11.0. The van der Waals surface area contributed by atoms with Crippen LogP contribution in [0.3, 0.4) is 0 Å². The maximum absolute atomic E-state index is 6.90. The summed E-state index contributed by atoms with van der Waals surface area (Å²) in [4.78, 5) is 1.46. The molecule has 200 valence electrons. The number of halogens is 2. The normalized spacial score (nSPS) is 19.7. The molecule has 37 heavy (non-hydrogen) atoms. The Morgan fingerprint density at radius 2 is 1.78 bits per heavy atom.